The summed E-state index contributed by atoms with van der Waals surface area (Å²) >= 11 is 0. The van der Waals surface area contributed by atoms with Crippen molar-refractivity contribution >= 4 is 0 Å². The molecule has 1 aliphatic carbocycles. The van der Waals surface area contributed by atoms with Gasteiger partial charge in [0.1, 0.15) is 0 Å². The highest BCUT2D eigenvalue weighted by Crippen LogP contribution is 2.23. The zero-order valence-electron chi connectivity index (χ0n) is 10.2. The van der Waals surface area contributed by atoms with Gasteiger partial charge in [0.2, 0.25) is 0 Å². The standard InChI is InChI=1S/C12H24N2O2/c1-15-11-4-2-3-10(11)14-9-12(13)5-7-16-8-6-12/h10-11,14H,2-9,13H2,1H3. The van der Waals surface area contributed by atoms with E-state index in [4.69, 9.17) is 15.2 Å². The van der Waals surface area contributed by atoms with Gasteiger partial charge in [0, 0.05) is 38.4 Å². The highest BCUT2D eigenvalue weighted by atomic mass is 16.5. The van der Waals surface area contributed by atoms with Crippen molar-refractivity contribution in [1.82, 2.24) is 5.32 Å². The van der Waals surface area contributed by atoms with Crippen LogP contribution in [0, 0.1) is 0 Å². The van der Waals surface area contributed by atoms with Gasteiger partial charge in [0.25, 0.3) is 0 Å². The number of hydrogen-bond donors (Lipinski definition) is 2. The second-order valence-electron chi connectivity index (χ2n) is 5.17. The molecule has 2 atom stereocenters. The van der Waals surface area contributed by atoms with Gasteiger partial charge in [0.05, 0.1) is 6.10 Å². The molecule has 2 unspecified atom stereocenters. The molecule has 4 heteroatoms. The van der Waals surface area contributed by atoms with Crippen LogP contribution in [-0.4, -0.2) is 44.6 Å². The van der Waals surface area contributed by atoms with E-state index in [2.05, 4.69) is 5.32 Å². The Kier molecular flexibility index (Phi) is 4.19. The number of ether oxygens (including phenoxy) is 2. The van der Waals surface area contributed by atoms with Crippen molar-refractivity contribution in [3.05, 3.63) is 0 Å². The Hall–Kier alpha value is -0.160. The summed E-state index contributed by atoms with van der Waals surface area (Å²) < 4.78 is 10.8. The van der Waals surface area contributed by atoms with Crippen molar-refractivity contribution in [3.8, 4) is 0 Å². The van der Waals surface area contributed by atoms with E-state index in [1.54, 1.807) is 7.11 Å². The van der Waals surface area contributed by atoms with Gasteiger partial charge < -0.3 is 20.5 Å². The fourth-order valence-corrected chi connectivity index (χ4v) is 2.73. The molecule has 2 fully saturated rings. The van der Waals surface area contributed by atoms with E-state index in [9.17, 15) is 0 Å². The summed E-state index contributed by atoms with van der Waals surface area (Å²) in [5.41, 5.74) is 6.27. The predicted octanol–water partition coefficient (Wildman–Crippen LogP) is 0.651. The van der Waals surface area contributed by atoms with E-state index in [0.717, 1.165) is 32.6 Å². The Morgan fingerprint density at radius 3 is 2.81 bits per heavy atom. The van der Waals surface area contributed by atoms with Crippen LogP contribution in [-0.2, 0) is 9.47 Å². The van der Waals surface area contributed by atoms with Crippen molar-refractivity contribution in [2.45, 2.75) is 49.8 Å². The van der Waals surface area contributed by atoms with Gasteiger partial charge in [-0.2, -0.15) is 0 Å². The van der Waals surface area contributed by atoms with Crippen LogP contribution in [0.4, 0.5) is 0 Å². The van der Waals surface area contributed by atoms with E-state index in [0.29, 0.717) is 12.1 Å². The lowest BCUT2D eigenvalue weighted by molar-refractivity contribution is 0.0459. The molecule has 4 nitrogen and oxygen atoms in total. The fourth-order valence-electron chi connectivity index (χ4n) is 2.73. The number of rotatable bonds is 4. The summed E-state index contributed by atoms with van der Waals surface area (Å²) in [6.45, 7) is 2.49. The first-order chi connectivity index (χ1) is 7.73. The third-order valence-electron chi connectivity index (χ3n) is 3.96. The van der Waals surface area contributed by atoms with Crippen LogP contribution in [0.5, 0.6) is 0 Å². The maximum Gasteiger partial charge on any atom is 0.0724 e. The molecule has 3 N–H and O–H groups in total. The molecule has 0 amide bonds. The molecule has 2 rings (SSSR count). The zero-order valence-corrected chi connectivity index (χ0v) is 10.2. The van der Waals surface area contributed by atoms with E-state index in [1.807, 2.05) is 0 Å². The second-order valence-corrected chi connectivity index (χ2v) is 5.17. The predicted molar refractivity (Wildman–Crippen MR) is 63.4 cm³/mol. The average molecular weight is 228 g/mol. The number of nitrogens with one attached hydrogen (secondary N) is 1. The van der Waals surface area contributed by atoms with Crippen LogP contribution < -0.4 is 11.1 Å². The van der Waals surface area contributed by atoms with E-state index >= 15 is 0 Å². The third-order valence-corrected chi connectivity index (χ3v) is 3.96. The molecule has 94 valence electrons. The Morgan fingerprint density at radius 2 is 2.12 bits per heavy atom. The molecule has 1 saturated heterocycles. The highest BCUT2D eigenvalue weighted by Gasteiger charge is 2.32. The van der Waals surface area contributed by atoms with E-state index < -0.39 is 0 Å². The first kappa shape index (κ1) is 12.3. The van der Waals surface area contributed by atoms with Crippen molar-refractivity contribution in [3.63, 3.8) is 0 Å². The maximum absolute atomic E-state index is 6.34. The fraction of sp³-hybridized carbons (Fsp3) is 1.00. The minimum atomic E-state index is -0.0703. The molecule has 0 aromatic rings. The lowest BCUT2D eigenvalue weighted by Gasteiger charge is -2.35. The summed E-state index contributed by atoms with van der Waals surface area (Å²) in [6.07, 6.45) is 5.95. The molecule has 1 saturated carbocycles. The summed E-state index contributed by atoms with van der Waals surface area (Å²) in [5.74, 6) is 0. The quantitative estimate of drug-likeness (QED) is 0.742. The monoisotopic (exact) mass is 228 g/mol. The molecule has 0 radical (unpaired) electrons. The topological polar surface area (TPSA) is 56.5 Å². The van der Waals surface area contributed by atoms with Crippen molar-refractivity contribution in [1.29, 1.82) is 0 Å². The largest absolute Gasteiger partial charge is 0.381 e. The number of nitrogens with two attached hydrogens (primary N) is 1. The van der Waals surface area contributed by atoms with Gasteiger partial charge in [-0.3, -0.25) is 0 Å². The third kappa shape index (κ3) is 2.94. The van der Waals surface area contributed by atoms with Gasteiger partial charge in [0.15, 0.2) is 0 Å². The Labute approximate surface area is 97.9 Å². The minimum Gasteiger partial charge on any atom is -0.381 e. The van der Waals surface area contributed by atoms with Crippen LogP contribution in [0.3, 0.4) is 0 Å². The highest BCUT2D eigenvalue weighted by molar-refractivity contribution is 4.92. The average Bonchev–Trinajstić information content (AvgIpc) is 2.75. The second kappa shape index (κ2) is 5.45. The van der Waals surface area contributed by atoms with E-state index in [-0.39, 0.29) is 5.54 Å². The molecular weight excluding hydrogens is 204 g/mol. The Morgan fingerprint density at radius 1 is 1.38 bits per heavy atom. The Balaban J connectivity index is 1.77. The molecule has 16 heavy (non-hydrogen) atoms. The van der Waals surface area contributed by atoms with Gasteiger partial charge in [-0.05, 0) is 32.1 Å². The number of hydrogen-bond acceptors (Lipinski definition) is 4. The first-order valence-corrected chi connectivity index (χ1v) is 6.36. The van der Waals surface area contributed by atoms with E-state index in [1.165, 1.54) is 19.3 Å². The summed E-state index contributed by atoms with van der Waals surface area (Å²) in [6, 6.07) is 0.494. The zero-order chi connectivity index (χ0) is 11.4. The maximum atomic E-state index is 6.34. The van der Waals surface area contributed by atoms with Crippen LogP contribution in [0.25, 0.3) is 0 Å². The molecule has 0 aromatic heterocycles. The Bertz CT molecular complexity index is 217. The lowest BCUT2D eigenvalue weighted by atomic mass is 9.91. The van der Waals surface area contributed by atoms with Crippen LogP contribution in [0.2, 0.25) is 0 Å². The van der Waals surface area contributed by atoms with Crippen molar-refractivity contribution < 1.29 is 9.47 Å². The lowest BCUT2D eigenvalue weighted by Crippen LogP contribution is -2.55. The molecule has 2 aliphatic rings. The molecule has 0 aromatic carbocycles. The van der Waals surface area contributed by atoms with Crippen LogP contribution in [0.15, 0.2) is 0 Å². The summed E-state index contributed by atoms with van der Waals surface area (Å²) in [5, 5.41) is 3.59. The molecule has 0 spiro atoms. The van der Waals surface area contributed by atoms with Crippen molar-refractivity contribution in [2.24, 2.45) is 5.73 Å². The molecule has 1 heterocycles. The van der Waals surface area contributed by atoms with Gasteiger partial charge in [-0.1, -0.05) is 0 Å². The van der Waals surface area contributed by atoms with Crippen LogP contribution >= 0.6 is 0 Å². The summed E-state index contributed by atoms with van der Waals surface area (Å²) in [7, 11) is 1.80. The molecule has 0 bridgehead atoms. The minimum absolute atomic E-state index is 0.0703. The van der Waals surface area contributed by atoms with Crippen molar-refractivity contribution in [2.75, 3.05) is 26.9 Å². The first-order valence-electron chi connectivity index (χ1n) is 6.36. The smallest absolute Gasteiger partial charge is 0.0724 e. The SMILES string of the molecule is COC1CCCC1NCC1(N)CCOCC1. The summed E-state index contributed by atoms with van der Waals surface area (Å²) in [4.78, 5) is 0. The molecular formula is C12H24N2O2. The van der Waals surface area contributed by atoms with Gasteiger partial charge in [-0.25, -0.2) is 0 Å². The normalized spacial score (nSPS) is 34.1. The van der Waals surface area contributed by atoms with Gasteiger partial charge >= 0.3 is 0 Å². The molecule has 1 aliphatic heterocycles. The van der Waals surface area contributed by atoms with Crippen LogP contribution in [0.1, 0.15) is 32.1 Å². The van der Waals surface area contributed by atoms with Gasteiger partial charge in [-0.15, -0.1) is 0 Å². The number of methoxy groups -OCH3 is 1.